The number of hydrogen-bond donors (Lipinski definition) is 1. The zero-order valence-electron chi connectivity index (χ0n) is 5.88. The van der Waals surface area contributed by atoms with Crippen molar-refractivity contribution < 1.29 is 9.68 Å². The Kier molecular flexibility index (Phi) is 1.86. The maximum Gasteiger partial charge on any atom is 0.0874 e. The molecular formula is C6H12N2O2. The van der Waals surface area contributed by atoms with Crippen molar-refractivity contribution in [2.45, 2.75) is 12.5 Å². The summed E-state index contributed by atoms with van der Waals surface area (Å²) in [7, 11) is 0. The number of nitrogens with one attached hydrogen (secondary N) is 1. The summed E-state index contributed by atoms with van der Waals surface area (Å²) in [6, 6.07) is 0.433. The van der Waals surface area contributed by atoms with Crippen molar-refractivity contribution in [2.75, 3.05) is 26.3 Å². The van der Waals surface area contributed by atoms with Gasteiger partial charge in [-0.3, -0.25) is 9.68 Å². The van der Waals surface area contributed by atoms with E-state index in [1.54, 1.807) is 0 Å². The fourth-order valence-corrected chi connectivity index (χ4v) is 1.31. The predicted molar refractivity (Wildman–Crippen MR) is 35.0 cm³/mol. The summed E-state index contributed by atoms with van der Waals surface area (Å²) >= 11 is 0. The van der Waals surface area contributed by atoms with E-state index in [-0.39, 0.29) is 0 Å². The minimum atomic E-state index is 0.433. The van der Waals surface area contributed by atoms with Gasteiger partial charge in [-0.05, 0) is 6.42 Å². The smallest absolute Gasteiger partial charge is 0.0874 e. The van der Waals surface area contributed by atoms with Crippen LogP contribution in [0.2, 0.25) is 0 Å². The van der Waals surface area contributed by atoms with Gasteiger partial charge in [0.2, 0.25) is 0 Å². The van der Waals surface area contributed by atoms with Gasteiger partial charge in [0.15, 0.2) is 0 Å². The Morgan fingerprint density at radius 3 is 3.10 bits per heavy atom. The monoisotopic (exact) mass is 144 g/mol. The summed E-state index contributed by atoms with van der Waals surface area (Å²) in [6.07, 6.45) is 1.15. The van der Waals surface area contributed by atoms with Crippen LogP contribution in [0.1, 0.15) is 6.42 Å². The van der Waals surface area contributed by atoms with E-state index in [4.69, 9.17) is 9.68 Å². The van der Waals surface area contributed by atoms with Crippen LogP contribution in [0, 0.1) is 0 Å². The van der Waals surface area contributed by atoms with Gasteiger partial charge < -0.3 is 0 Å². The summed E-state index contributed by atoms with van der Waals surface area (Å²) < 4.78 is 0. The molecule has 0 aromatic heterocycles. The fraction of sp³-hybridized carbons (Fsp3) is 1.00. The summed E-state index contributed by atoms with van der Waals surface area (Å²) in [4.78, 5) is 10.3. The van der Waals surface area contributed by atoms with E-state index in [0.29, 0.717) is 6.04 Å². The Morgan fingerprint density at radius 2 is 2.50 bits per heavy atom. The molecule has 0 bridgehead atoms. The highest BCUT2D eigenvalue weighted by molar-refractivity contribution is 4.72. The van der Waals surface area contributed by atoms with Crippen LogP contribution in [0.15, 0.2) is 0 Å². The summed E-state index contributed by atoms with van der Waals surface area (Å²) in [5.74, 6) is 0. The molecule has 2 saturated heterocycles. The second-order valence-electron chi connectivity index (χ2n) is 2.64. The maximum absolute atomic E-state index is 5.35. The third-order valence-corrected chi connectivity index (χ3v) is 1.88. The van der Waals surface area contributed by atoms with Crippen LogP contribution in [-0.4, -0.2) is 37.4 Å². The highest BCUT2D eigenvalue weighted by atomic mass is 16.7. The first-order valence-corrected chi connectivity index (χ1v) is 3.71. The molecule has 58 valence electrons. The molecule has 0 aromatic carbocycles. The van der Waals surface area contributed by atoms with Crippen LogP contribution in [0.25, 0.3) is 0 Å². The summed E-state index contributed by atoms with van der Waals surface area (Å²) in [5.41, 5.74) is 2.83. The first kappa shape index (κ1) is 6.54. The number of nitrogens with zero attached hydrogens (tertiary/aromatic N) is 1. The van der Waals surface area contributed by atoms with E-state index in [1.165, 1.54) is 0 Å². The molecule has 10 heavy (non-hydrogen) atoms. The molecule has 4 nitrogen and oxygen atoms in total. The molecule has 1 N–H and O–H groups in total. The molecule has 1 unspecified atom stereocenters. The molecule has 2 fully saturated rings. The fourth-order valence-electron chi connectivity index (χ4n) is 1.31. The topological polar surface area (TPSA) is 33.7 Å². The molecule has 2 aliphatic heterocycles. The number of rotatable bonds is 1. The zero-order valence-corrected chi connectivity index (χ0v) is 5.88. The van der Waals surface area contributed by atoms with Crippen molar-refractivity contribution in [1.82, 2.24) is 10.5 Å². The molecule has 0 amide bonds. The minimum absolute atomic E-state index is 0.433. The van der Waals surface area contributed by atoms with Crippen LogP contribution in [0.5, 0.6) is 0 Å². The second-order valence-corrected chi connectivity index (χ2v) is 2.64. The third kappa shape index (κ3) is 1.15. The van der Waals surface area contributed by atoms with Gasteiger partial charge in [-0.2, -0.15) is 5.06 Å². The van der Waals surface area contributed by atoms with Crippen molar-refractivity contribution in [3.05, 3.63) is 0 Å². The zero-order chi connectivity index (χ0) is 6.81. The van der Waals surface area contributed by atoms with Crippen LogP contribution in [0.4, 0.5) is 0 Å². The van der Waals surface area contributed by atoms with Gasteiger partial charge in [0.25, 0.3) is 0 Å². The van der Waals surface area contributed by atoms with Gasteiger partial charge in [-0.15, -0.1) is 0 Å². The van der Waals surface area contributed by atoms with E-state index >= 15 is 0 Å². The lowest BCUT2D eigenvalue weighted by atomic mass is 10.3. The standard InChI is InChI=1S/C6H12N2O2/c1-2-8(10-3-1)6-4-7-9-5-6/h6-7H,1-5H2. The molecular weight excluding hydrogens is 132 g/mol. The molecule has 0 radical (unpaired) electrons. The van der Waals surface area contributed by atoms with Gasteiger partial charge in [-0.25, -0.2) is 5.48 Å². The van der Waals surface area contributed by atoms with Gasteiger partial charge in [0.05, 0.1) is 19.3 Å². The predicted octanol–water partition coefficient (Wildman–Crippen LogP) is -0.473. The van der Waals surface area contributed by atoms with Crippen LogP contribution in [-0.2, 0) is 9.68 Å². The van der Waals surface area contributed by atoms with Crippen molar-refractivity contribution in [3.8, 4) is 0 Å². The van der Waals surface area contributed by atoms with E-state index < -0.39 is 0 Å². The molecule has 2 rings (SSSR count). The van der Waals surface area contributed by atoms with Crippen LogP contribution < -0.4 is 5.48 Å². The molecule has 4 heteroatoms. The first-order chi connectivity index (χ1) is 4.97. The third-order valence-electron chi connectivity index (χ3n) is 1.88. The molecule has 1 atom stereocenters. The van der Waals surface area contributed by atoms with Crippen LogP contribution in [0.3, 0.4) is 0 Å². The largest absolute Gasteiger partial charge is 0.300 e. The van der Waals surface area contributed by atoms with E-state index in [0.717, 1.165) is 32.7 Å². The summed E-state index contributed by atoms with van der Waals surface area (Å²) in [6.45, 7) is 3.56. The number of hydroxylamine groups is 3. The average molecular weight is 144 g/mol. The Balaban J connectivity index is 1.85. The highest BCUT2D eigenvalue weighted by Gasteiger charge is 2.26. The van der Waals surface area contributed by atoms with Gasteiger partial charge in [0, 0.05) is 13.1 Å². The lowest BCUT2D eigenvalue weighted by Crippen LogP contribution is -2.35. The molecule has 0 aliphatic carbocycles. The van der Waals surface area contributed by atoms with Gasteiger partial charge in [-0.1, -0.05) is 0 Å². The maximum atomic E-state index is 5.35. The Hall–Kier alpha value is -0.160. The Labute approximate surface area is 60.0 Å². The first-order valence-electron chi connectivity index (χ1n) is 3.71. The Morgan fingerprint density at radius 1 is 1.50 bits per heavy atom. The quantitative estimate of drug-likeness (QED) is 0.539. The molecule has 2 aliphatic rings. The van der Waals surface area contributed by atoms with Crippen LogP contribution >= 0.6 is 0 Å². The molecule has 0 aromatic rings. The van der Waals surface area contributed by atoms with Crippen molar-refractivity contribution >= 4 is 0 Å². The number of hydrogen-bond acceptors (Lipinski definition) is 4. The second kappa shape index (κ2) is 2.84. The molecule has 2 heterocycles. The normalized spacial score (nSPS) is 35.4. The van der Waals surface area contributed by atoms with E-state index in [9.17, 15) is 0 Å². The molecule has 0 saturated carbocycles. The Bertz CT molecular complexity index is 94.3. The van der Waals surface area contributed by atoms with Crippen molar-refractivity contribution in [3.63, 3.8) is 0 Å². The van der Waals surface area contributed by atoms with Gasteiger partial charge >= 0.3 is 0 Å². The van der Waals surface area contributed by atoms with Crippen molar-refractivity contribution in [1.29, 1.82) is 0 Å². The minimum Gasteiger partial charge on any atom is -0.300 e. The van der Waals surface area contributed by atoms with E-state index in [2.05, 4.69) is 5.48 Å². The van der Waals surface area contributed by atoms with Crippen molar-refractivity contribution in [2.24, 2.45) is 0 Å². The van der Waals surface area contributed by atoms with E-state index in [1.807, 2.05) is 5.06 Å². The van der Waals surface area contributed by atoms with Gasteiger partial charge in [0.1, 0.15) is 0 Å². The average Bonchev–Trinajstić information content (AvgIpc) is 2.59. The SMILES string of the molecule is C1CON(C2CNOC2)C1. The lowest BCUT2D eigenvalue weighted by Gasteiger charge is -2.18. The lowest BCUT2D eigenvalue weighted by molar-refractivity contribution is -0.137. The summed E-state index contributed by atoms with van der Waals surface area (Å²) in [5, 5.41) is 2.01. The highest BCUT2D eigenvalue weighted by Crippen LogP contribution is 2.11. The molecule has 0 spiro atoms.